The molecule has 0 heterocycles. The minimum Gasteiger partial charge on any atom is -0.748 e. The zero-order valence-corrected chi connectivity index (χ0v) is 18.5. The standard InChI is InChI=1S/C10H8BrI3O5S/c11-3-6(20(16,17)18)4-19-10(15)7-1-5(12)2-8(13)9(7)14/h1-2,6H,3-4H2,(H,16,17,18)/p-1. The highest BCUT2D eigenvalue weighted by Crippen LogP contribution is 2.23. The first-order valence-electron chi connectivity index (χ1n) is 4.99. The molecule has 20 heavy (non-hydrogen) atoms. The van der Waals surface area contributed by atoms with Gasteiger partial charge in [0.2, 0.25) is 0 Å². The first-order valence-corrected chi connectivity index (χ1v) is 10.8. The molecule has 1 atom stereocenters. The van der Waals surface area contributed by atoms with Crippen LogP contribution in [0.15, 0.2) is 12.1 Å². The summed E-state index contributed by atoms with van der Waals surface area (Å²) < 4.78 is 40.2. The van der Waals surface area contributed by atoms with Gasteiger partial charge in [-0.2, -0.15) is 0 Å². The summed E-state index contributed by atoms with van der Waals surface area (Å²) in [6.45, 7) is -0.464. The summed E-state index contributed by atoms with van der Waals surface area (Å²) in [5, 5.41) is -1.36. The van der Waals surface area contributed by atoms with Gasteiger partial charge >= 0.3 is 5.97 Å². The van der Waals surface area contributed by atoms with E-state index in [1.807, 2.05) is 28.7 Å². The molecule has 0 saturated carbocycles. The summed E-state index contributed by atoms with van der Waals surface area (Å²) in [7, 11) is -4.50. The summed E-state index contributed by atoms with van der Waals surface area (Å²) >= 11 is 9.11. The predicted octanol–water partition coefficient (Wildman–Crippen LogP) is 2.97. The fourth-order valence-corrected chi connectivity index (χ4v) is 5.08. The van der Waals surface area contributed by atoms with Crippen molar-refractivity contribution in [1.29, 1.82) is 0 Å². The summed E-state index contributed by atoms with van der Waals surface area (Å²) in [5.41, 5.74) is 0.360. The predicted molar refractivity (Wildman–Crippen MR) is 102 cm³/mol. The Morgan fingerprint density at radius 1 is 1.35 bits per heavy atom. The quantitative estimate of drug-likeness (QED) is 0.155. The first kappa shape index (κ1) is 19.3. The lowest BCUT2D eigenvalue weighted by atomic mass is 10.2. The summed E-state index contributed by atoms with van der Waals surface area (Å²) in [5.74, 6) is -0.638. The molecule has 5 nitrogen and oxygen atoms in total. The maximum absolute atomic E-state index is 12.0. The molecule has 0 aromatic heterocycles. The topological polar surface area (TPSA) is 83.5 Å². The molecule has 1 aromatic rings. The lowest BCUT2D eigenvalue weighted by Crippen LogP contribution is -2.29. The first-order chi connectivity index (χ1) is 9.16. The summed E-state index contributed by atoms with van der Waals surface area (Å²) in [4.78, 5) is 12.0. The van der Waals surface area contributed by atoms with E-state index in [2.05, 4.69) is 61.1 Å². The van der Waals surface area contributed by atoms with Crippen LogP contribution in [0.5, 0.6) is 0 Å². The molecule has 0 amide bonds. The molecule has 0 aliphatic heterocycles. The van der Waals surface area contributed by atoms with Crippen molar-refractivity contribution in [2.45, 2.75) is 5.25 Å². The zero-order valence-electron chi connectivity index (χ0n) is 9.61. The van der Waals surface area contributed by atoms with Crippen LogP contribution in [0.25, 0.3) is 0 Å². The van der Waals surface area contributed by atoms with Gasteiger partial charge in [-0.1, -0.05) is 15.9 Å². The van der Waals surface area contributed by atoms with Gasteiger partial charge in [0.05, 0.1) is 10.8 Å². The number of esters is 1. The molecule has 0 saturated heterocycles. The van der Waals surface area contributed by atoms with E-state index in [1.165, 1.54) is 0 Å². The van der Waals surface area contributed by atoms with Crippen molar-refractivity contribution in [2.24, 2.45) is 0 Å². The molecule has 0 spiro atoms. The smallest absolute Gasteiger partial charge is 0.339 e. The minimum atomic E-state index is -4.50. The number of hydrogen-bond donors (Lipinski definition) is 0. The summed E-state index contributed by atoms with van der Waals surface area (Å²) in [6.07, 6.45) is 0. The number of carbonyl (C=O) groups is 1. The fourth-order valence-electron chi connectivity index (χ4n) is 1.16. The van der Waals surface area contributed by atoms with E-state index in [1.54, 1.807) is 6.07 Å². The number of benzene rings is 1. The zero-order chi connectivity index (χ0) is 15.5. The van der Waals surface area contributed by atoms with Crippen LogP contribution < -0.4 is 0 Å². The third-order valence-electron chi connectivity index (χ3n) is 2.19. The van der Waals surface area contributed by atoms with Gasteiger partial charge < -0.3 is 9.29 Å². The second-order valence-corrected chi connectivity index (χ2v) is 9.40. The highest BCUT2D eigenvalue weighted by molar-refractivity contribution is 14.1. The molecule has 0 bridgehead atoms. The number of halogens is 4. The van der Waals surface area contributed by atoms with Gasteiger partial charge in [-0.05, 0) is 79.9 Å². The monoisotopic (exact) mass is 699 g/mol. The molecular weight excluding hydrogens is 693 g/mol. The van der Waals surface area contributed by atoms with Crippen LogP contribution in [0.1, 0.15) is 10.4 Å². The van der Waals surface area contributed by atoms with E-state index in [-0.39, 0.29) is 5.33 Å². The second-order valence-electron chi connectivity index (χ2n) is 3.62. The highest BCUT2D eigenvalue weighted by Gasteiger charge is 2.20. The molecule has 1 aromatic carbocycles. The normalized spacial score (nSPS) is 13.1. The largest absolute Gasteiger partial charge is 0.748 e. The van der Waals surface area contributed by atoms with E-state index in [0.717, 1.165) is 10.7 Å². The number of alkyl halides is 1. The molecular formula is C10H7BrI3O5S-. The van der Waals surface area contributed by atoms with Crippen LogP contribution >= 0.6 is 83.7 Å². The second kappa shape index (κ2) is 8.21. The van der Waals surface area contributed by atoms with Crippen LogP contribution in [0, 0.1) is 10.7 Å². The van der Waals surface area contributed by atoms with Gasteiger partial charge in [0, 0.05) is 16.0 Å². The van der Waals surface area contributed by atoms with Crippen molar-refractivity contribution in [3.8, 4) is 0 Å². The fraction of sp³-hybridized carbons (Fsp3) is 0.300. The number of rotatable bonds is 5. The molecule has 1 rings (SSSR count). The van der Waals surface area contributed by atoms with Gasteiger partial charge in [-0.25, -0.2) is 13.2 Å². The van der Waals surface area contributed by atoms with Crippen molar-refractivity contribution in [1.82, 2.24) is 0 Å². The molecule has 0 aliphatic rings. The summed E-state index contributed by atoms with van der Waals surface area (Å²) in [6, 6.07) is 3.56. The van der Waals surface area contributed by atoms with Crippen LogP contribution in [-0.2, 0) is 14.9 Å². The van der Waals surface area contributed by atoms with E-state index in [9.17, 15) is 17.8 Å². The molecule has 0 aliphatic carbocycles. The van der Waals surface area contributed by atoms with Gasteiger partial charge in [-0.3, -0.25) is 0 Å². The molecule has 10 heteroatoms. The van der Waals surface area contributed by atoms with E-state index >= 15 is 0 Å². The SMILES string of the molecule is O=C(OCC(CBr)S(=O)(=O)[O-])c1cc(I)cc(I)c1I. The molecule has 112 valence electrons. The average molecular weight is 700 g/mol. The van der Waals surface area contributed by atoms with Crippen LogP contribution in [-0.4, -0.2) is 36.1 Å². The Hall–Kier alpha value is 1.27. The maximum Gasteiger partial charge on any atom is 0.339 e. The Morgan fingerprint density at radius 3 is 2.45 bits per heavy atom. The molecule has 0 N–H and O–H groups in total. The van der Waals surface area contributed by atoms with Crippen molar-refractivity contribution < 1.29 is 22.5 Å². The van der Waals surface area contributed by atoms with Crippen molar-refractivity contribution >= 4 is 99.8 Å². The Labute approximate surface area is 165 Å². The maximum atomic E-state index is 12.0. The van der Waals surface area contributed by atoms with Gasteiger partial charge in [-0.15, -0.1) is 0 Å². The van der Waals surface area contributed by atoms with E-state index in [4.69, 9.17) is 4.74 Å². The lowest BCUT2D eigenvalue weighted by molar-refractivity contribution is 0.0506. The van der Waals surface area contributed by atoms with E-state index < -0.39 is 27.9 Å². The number of hydrogen-bond acceptors (Lipinski definition) is 5. The lowest BCUT2D eigenvalue weighted by Gasteiger charge is -2.18. The van der Waals surface area contributed by atoms with Crippen molar-refractivity contribution in [3.05, 3.63) is 28.4 Å². The van der Waals surface area contributed by atoms with Crippen molar-refractivity contribution in [2.75, 3.05) is 11.9 Å². The molecule has 0 radical (unpaired) electrons. The molecule has 0 fully saturated rings. The van der Waals surface area contributed by atoms with Crippen molar-refractivity contribution in [3.63, 3.8) is 0 Å². The Morgan fingerprint density at radius 2 is 1.95 bits per heavy atom. The minimum absolute atomic E-state index is 0.0763. The van der Waals surface area contributed by atoms with E-state index in [0.29, 0.717) is 5.56 Å². The third kappa shape index (κ3) is 5.48. The third-order valence-corrected chi connectivity index (χ3v) is 8.19. The average Bonchev–Trinajstić information content (AvgIpc) is 2.32. The Kier molecular flexibility index (Phi) is 7.93. The number of carbonyl (C=O) groups excluding carboxylic acids is 1. The van der Waals surface area contributed by atoms with Crippen LogP contribution in [0.4, 0.5) is 0 Å². The van der Waals surface area contributed by atoms with Gasteiger partial charge in [0.25, 0.3) is 0 Å². The van der Waals surface area contributed by atoms with Gasteiger partial charge in [0.1, 0.15) is 16.7 Å². The highest BCUT2D eigenvalue weighted by atomic mass is 127. The van der Waals surface area contributed by atoms with Gasteiger partial charge in [0.15, 0.2) is 0 Å². The number of ether oxygens (including phenoxy) is 1. The van der Waals surface area contributed by atoms with Crippen LogP contribution in [0.3, 0.4) is 0 Å². The Bertz CT molecular complexity index is 620. The van der Waals surface area contributed by atoms with Crippen LogP contribution in [0.2, 0.25) is 0 Å². The molecule has 1 unspecified atom stereocenters. The Balaban J connectivity index is 2.88.